The summed E-state index contributed by atoms with van der Waals surface area (Å²) in [5.74, 6) is 0.0194. The van der Waals surface area contributed by atoms with Gasteiger partial charge in [-0.05, 0) is 36.1 Å². The first-order chi connectivity index (χ1) is 10.2. The topological polar surface area (TPSA) is 68.0 Å². The summed E-state index contributed by atoms with van der Waals surface area (Å²) in [5, 5.41) is 2.92. The molecule has 0 radical (unpaired) electrons. The van der Waals surface area contributed by atoms with Crippen LogP contribution in [0.2, 0.25) is 0 Å². The normalized spacial score (nSPS) is 10.3. The van der Waals surface area contributed by atoms with Crippen molar-refractivity contribution >= 4 is 11.6 Å². The molecule has 110 valence electrons. The van der Waals surface area contributed by atoms with E-state index >= 15 is 0 Å². The minimum Gasteiger partial charge on any atom is -0.399 e. The summed E-state index contributed by atoms with van der Waals surface area (Å²) >= 11 is 0. The third-order valence-corrected chi connectivity index (χ3v) is 3.49. The highest BCUT2D eigenvalue weighted by atomic mass is 16.1. The molecular weight excluding hydrogens is 262 g/mol. The Labute approximate surface area is 125 Å². The van der Waals surface area contributed by atoms with Gasteiger partial charge in [0.1, 0.15) is 0 Å². The quantitative estimate of drug-likeness (QED) is 0.800. The van der Waals surface area contributed by atoms with Crippen LogP contribution in [0.5, 0.6) is 0 Å². The van der Waals surface area contributed by atoms with Crippen LogP contribution in [-0.2, 0) is 24.2 Å². The van der Waals surface area contributed by atoms with Gasteiger partial charge in [-0.2, -0.15) is 0 Å². The highest BCUT2D eigenvalue weighted by Crippen LogP contribution is 2.12. The average Bonchev–Trinajstić information content (AvgIpc) is 2.52. The van der Waals surface area contributed by atoms with Crippen LogP contribution < -0.4 is 11.1 Å². The number of para-hydroxylation sites is 1. The number of hydrogen-bond donors (Lipinski definition) is 2. The zero-order chi connectivity index (χ0) is 15.1. The smallest absolute Gasteiger partial charge is 0.220 e. The molecule has 0 aliphatic heterocycles. The molecular formula is C17H21N3O. The number of nitrogens with zero attached hydrogens (tertiary/aromatic N) is 1. The van der Waals surface area contributed by atoms with E-state index in [4.69, 9.17) is 5.73 Å². The number of benzene rings is 1. The summed E-state index contributed by atoms with van der Waals surface area (Å²) in [6, 6.07) is 11.6. The van der Waals surface area contributed by atoms with E-state index in [9.17, 15) is 4.79 Å². The lowest BCUT2D eigenvalue weighted by Crippen LogP contribution is -2.24. The van der Waals surface area contributed by atoms with Gasteiger partial charge in [0.25, 0.3) is 0 Å². The second-order valence-electron chi connectivity index (χ2n) is 4.94. The minimum atomic E-state index is 0.0194. The molecule has 21 heavy (non-hydrogen) atoms. The first-order valence-electron chi connectivity index (χ1n) is 7.23. The number of carbonyl (C=O) groups is 1. The van der Waals surface area contributed by atoms with E-state index in [1.54, 1.807) is 6.20 Å². The molecule has 1 aromatic carbocycles. The van der Waals surface area contributed by atoms with Gasteiger partial charge in [-0.3, -0.25) is 9.78 Å². The number of carbonyl (C=O) groups excluding carboxylic acids is 1. The number of rotatable bonds is 6. The first kappa shape index (κ1) is 15.0. The second kappa shape index (κ2) is 7.43. The lowest BCUT2D eigenvalue weighted by atomic mass is 10.1. The summed E-state index contributed by atoms with van der Waals surface area (Å²) in [7, 11) is 0. The molecule has 0 aliphatic rings. The van der Waals surface area contributed by atoms with E-state index in [-0.39, 0.29) is 5.91 Å². The Hall–Kier alpha value is -2.36. The summed E-state index contributed by atoms with van der Waals surface area (Å²) in [4.78, 5) is 16.2. The molecule has 0 atom stereocenters. The Morgan fingerprint density at radius 3 is 2.71 bits per heavy atom. The van der Waals surface area contributed by atoms with Crippen molar-refractivity contribution in [3.63, 3.8) is 0 Å². The third-order valence-electron chi connectivity index (χ3n) is 3.49. The van der Waals surface area contributed by atoms with Crippen LogP contribution in [0.15, 0.2) is 42.6 Å². The molecule has 1 heterocycles. The van der Waals surface area contributed by atoms with E-state index in [2.05, 4.69) is 17.2 Å². The molecule has 2 rings (SSSR count). The van der Waals surface area contributed by atoms with Gasteiger partial charge in [-0.1, -0.05) is 31.2 Å². The molecule has 0 fully saturated rings. The third kappa shape index (κ3) is 4.31. The molecule has 0 bridgehead atoms. The Morgan fingerprint density at radius 2 is 1.95 bits per heavy atom. The van der Waals surface area contributed by atoms with Crippen LogP contribution in [-0.4, -0.2) is 10.9 Å². The van der Waals surface area contributed by atoms with Crippen molar-refractivity contribution in [2.45, 2.75) is 32.7 Å². The largest absolute Gasteiger partial charge is 0.399 e. The molecule has 0 saturated heterocycles. The van der Waals surface area contributed by atoms with Crippen molar-refractivity contribution in [3.8, 4) is 0 Å². The second-order valence-corrected chi connectivity index (χ2v) is 4.94. The average molecular weight is 283 g/mol. The van der Waals surface area contributed by atoms with Crippen molar-refractivity contribution in [1.82, 2.24) is 10.3 Å². The summed E-state index contributed by atoms with van der Waals surface area (Å²) in [6.45, 7) is 2.56. The summed E-state index contributed by atoms with van der Waals surface area (Å²) in [6.07, 6.45) is 3.76. The number of anilines is 1. The van der Waals surface area contributed by atoms with E-state index in [0.29, 0.717) is 19.4 Å². The van der Waals surface area contributed by atoms with Crippen LogP contribution in [0.4, 0.5) is 5.69 Å². The lowest BCUT2D eigenvalue weighted by molar-refractivity contribution is -0.121. The van der Waals surface area contributed by atoms with E-state index in [0.717, 1.165) is 23.4 Å². The highest BCUT2D eigenvalue weighted by Gasteiger charge is 2.06. The number of nitrogens with two attached hydrogens (primary N) is 1. The number of hydrogen-bond acceptors (Lipinski definition) is 3. The van der Waals surface area contributed by atoms with E-state index in [1.165, 1.54) is 5.56 Å². The fourth-order valence-corrected chi connectivity index (χ4v) is 2.23. The maximum atomic E-state index is 11.9. The highest BCUT2D eigenvalue weighted by molar-refractivity contribution is 5.76. The summed E-state index contributed by atoms with van der Waals surface area (Å²) < 4.78 is 0. The van der Waals surface area contributed by atoms with Crippen LogP contribution in [0.3, 0.4) is 0 Å². The van der Waals surface area contributed by atoms with Crippen LogP contribution >= 0.6 is 0 Å². The Kier molecular flexibility index (Phi) is 5.32. The van der Waals surface area contributed by atoms with Crippen LogP contribution in [0, 0.1) is 0 Å². The zero-order valence-corrected chi connectivity index (χ0v) is 12.3. The fraction of sp³-hybridized carbons (Fsp3) is 0.294. The SMILES string of the molecule is CCc1cccnc1CNC(=O)CCc1ccccc1N. The molecule has 0 aliphatic carbocycles. The number of nitrogens with one attached hydrogen (secondary N) is 1. The number of aromatic nitrogens is 1. The summed E-state index contributed by atoms with van der Waals surface area (Å²) in [5.41, 5.74) is 9.73. The van der Waals surface area contributed by atoms with Gasteiger partial charge in [0.15, 0.2) is 0 Å². The van der Waals surface area contributed by atoms with Gasteiger partial charge in [-0.25, -0.2) is 0 Å². The van der Waals surface area contributed by atoms with Crippen molar-refractivity contribution in [1.29, 1.82) is 0 Å². The van der Waals surface area contributed by atoms with E-state index in [1.807, 2.05) is 36.4 Å². The van der Waals surface area contributed by atoms with Crippen molar-refractivity contribution in [3.05, 3.63) is 59.4 Å². The number of pyridine rings is 1. The maximum absolute atomic E-state index is 11.9. The molecule has 3 N–H and O–H groups in total. The molecule has 4 nitrogen and oxygen atoms in total. The lowest BCUT2D eigenvalue weighted by Gasteiger charge is -2.09. The molecule has 1 aromatic heterocycles. The Balaban J connectivity index is 1.84. The molecule has 4 heteroatoms. The molecule has 0 unspecified atom stereocenters. The van der Waals surface area contributed by atoms with Crippen LogP contribution in [0.1, 0.15) is 30.2 Å². The van der Waals surface area contributed by atoms with Crippen LogP contribution in [0.25, 0.3) is 0 Å². The van der Waals surface area contributed by atoms with Crippen molar-refractivity contribution in [2.75, 3.05) is 5.73 Å². The molecule has 0 spiro atoms. The van der Waals surface area contributed by atoms with Crippen molar-refractivity contribution in [2.24, 2.45) is 0 Å². The minimum absolute atomic E-state index is 0.0194. The Bertz CT molecular complexity index is 610. The van der Waals surface area contributed by atoms with Gasteiger partial charge in [0, 0.05) is 18.3 Å². The maximum Gasteiger partial charge on any atom is 0.220 e. The molecule has 2 aromatic rings. The monoisotopic (exact) mass is 283 g/mol. The van der Waals surface area contributed by atoms with Gasteiger partial charge in [0.05, 0.1) is 12.2 Å². The fourth-order valence-electron chi connectivity index (χ4n) is 2.23. The predicted molar refractivity (Wildman–Crippen MR) is 84.6 cm³/mol. The molecule has 0 saturated carbocycles. The first-order valence-corrected chi connectivity index (χ1v) is 7.23. The van der Waals surface area contributed by atoms with Gasteiger partial charge < -0.3 is 11.1 Å². The number of aryl methyl sites for hydroxylation is 2. The number of nitrogen functional groups attached to an aromatic ring is 1. The Morgan fingerprint density at radius 1 is 1.19 bits per heavy atom. The van der Waals surface area contributed by atoms with Gasteiger partial charge >= 0.3 is 0 Å². The predicted octanol–water partition coefficient (Wildman–Crippen LogP) is 2.48. The molecule has 1 amide bonds. The van der Waals surface area contributed by atoms with E-state index < -0.39 is 0 Å². The van der Waals surface area contributed by atoms with Crippen molar-refractivity contribution < 1.29 is 4.79 Å². The zero-order valence-electron chi connectivity index (χ0n) is 12.3. The standard InChI is InChI=1S/C17H21N3O/c1-2-13-7-5-11-19-16(13)12-20-17(21)10-9-14-6-3-4-8-15(14)18/h3-8,11H,2,9-10,12,18H2,1H3,(H,20,21). The number of amides is 1. The van der Waals surface area contributed by atoms with Gasteiger partial charge in [0.2, 0.25) is 5.91 Å². The van der Waals surface area contributed by atoms with Gasteiger partial charge in [-0.15, -0.1) is 0 Å².